The molecule has 0 radical (unpaired) electrons. The molecule has 1 saturated heterocycles. The summed E-state index contributed by atoms with van der Waals surface area (Å²) in [6.07, 6.45) is 1.98. The molecule has 0 aromatic carbocycles. The van der Waals surface area contributed by atoms with Crippen molar-refractivity contribution in [3.05, 3.63) is 0 Å². The van der Waals surface area contributed by atoms with E-state index in [1.54, 1.807) is 0 Å². The van der Waals surface area contributed by atoms with Crippen LogP contribution in [0.3, 0.4) is 0 Å². The fraction of sp³-hybridized carbons (Fsp3) is 0.909. The van der Waals surface area contributed by atoms with Gasteiger partial charge >= 0.3 is 0 Å². The van der Waals surface area contributed by atoms with Crippen LogP contribution in [0.4, 0.5) is 0 Å². The lowest BCUT2D eigenvalue weighted by molar-refractivity contribution is -0.135. The SMILES string of the molecule is CCN(C)C(=O)C1CCN(CCN)CC1. The first-order chi connectivity index (χ1) is 7.19. The Kier molecular flexibility index (Phi) is 5.05. The number of nitrogens with zero attached hydrogens (tertiary/aromatic N) is 2. The van der Waals surface area contributed by atoms with Gasteiger partial charge in [0.1, 0.15) is 0 Å². The molecule has 0 unspecified atom stereocenters. The van der Waals surface area contributed by atoms with Crippen LogP contribution in [0.5, 0.6) is 0 Å². The number of likely N-dealkylation sites (tertiary alicyclic amines) is 1. The second-order valence-corrected chi connectivity index (χ2v) is 4.26. The molecule has 4 heteroatoms. The molecule has 1 aliphatic heterocycles. The molecule has 1 amide bonds. The highest BCUT2D eigenvalue weighted by Crippen LogP contribution is 2.18. The Morgan fingerprint density at radius 1 is 1.47 bits per heavy atom. The highest BCUT2D eigenvalue weighted by Gasteiger charge is 2.25. The maximum atomic E-state index is 11.9. The number of carbonyl (C=O) groups is 1. The van der Waals surface area contributed by atoms with Crippen molar-refractivity contribution in [1.29, 1.82) is 0 Å². The number of nitrogens with two attached hydrogens (primary N) is 1. The lowest BCUT2D eigenvalue weighted by Crippen LogP contribution is -2.42. The second-order valence-electron chi connectivity index (χ2n) is 4.26. The Balaban J connectivity index is 2.33. The van der Waals surface area contributed by atoms with Gasteiger partial charge in [0, 0.05) is 32.6 Å². The number of amides is 1. The molecule has 88 valence electrons. The number of piperidine rings is 1. The third-order valence-corrected chi connectivity index (χ3v) is 3.23. The molecule has 1 rings (SSSR count). The molecule has 1 heterocycles. The summed E-state index contributed by atoms with van der Waals surface area (Å²) in [5.74, 6) is 0.550. The second kappa shape index (κ2) is 6.08. The lowest BCUT2D eigenvalue weighted by atomic mass is 9.95. The Morgan fingerprint density at radius 2 is 2.07 bits per heavy atom. The summed E-state index contributed by atoms with van der Waals surface area (Å²) in [6, 6.07) is 0. The van der Waals surface area contributed by atoms with Crippen LogP contribution in [-0.2, 0) is 4.79 Å². The topological polar surface area (TPSA) is 49.6 Å². The van der Waals surface area contributed by atoms with Crippen LogP contribution >= 0.6 is 0 Å². The van der Waals surface area contributed by atoms with Gasteiger partial charge in [0.15, 0.2) is 0 Å². The minimum absolute atomic E-state index is 0.240. The molecule has 4 nitrogen and oxygen atoms in total. The molecule has 0 aromatic rings. The number of rotatable bonds is 4. The van der Waals surface area contributed by atoms with Crippen molar-refractivity contribution in [2.45, 2.75) is 19.8 Å². The van der Waals surface area contributed by atoms with Crippen LogP contribution in [-0.4, -0.2) is 55.5 Å². The Hall–Kier alpha value is -0.610. The van der Waals surface area contributed by atoms with Crippen molar-refractivity contribution < 1.29 is 4.79 Å². The van der Waals surface area contributed by atoms with E-state index in [0.717, 1.165) is 39.0 Å². The zero-order chi connectivity index (χ0) is 11.3. The summed E-state index contributed by atoms with van der Waals surface area (Å²) in [5.41, 5.74) is 5.51. The average Bonchev–Trinajstić information content (AvgIpc) is 2.28. The summed E-state index contributed by atoms with van der Waals surface area (Å²) < 4.78 is 0. The number of hydrogen-bond acceptors (Lipinski definition) is 3. The van der Waals surface area contributed by atoms with Gasteiger partial charge in [0.05, 0.1) is 0 Å². The van der Waals surface area contributed by atoms with E-state index < -0.39 is 0 Å². The molecule has 2 N–H and O–H groups in total. The van der Waals surface area contributed by atoms with Gasteiger partial charge in [0.25, 0.3) is 0 Å². The standard InChI is InChI=1S/C11H23N3O/c1-3-13(2)11(15)10-4-7-14(8-5-10)9-6-12/h10H,3-9,12H2,1-2H3. The summed E-state index contributed by atoms with van der Waals surface area (Å²) in [6.45, 7) is 6.54. The highest BCUT2D eigenvalue weighted by molar-refractivity contribution is 5.78. The first kappa shape index (κ1) is 12.5. The largest absolute Gasteiger partial charge is 0.346 e. The van der Waals surface area contributed by atoms with Crippen LogP contribution in [0, 0.1) is 5.92 Å². The van der Waals surface area contributed by atoms with Crippen LogP contribution in [0.25, 0.3) is 0 Å². The van der Waals surface area contributed by atoms with Crippen molar-refractivity contribution >= 4 is 5.91 Å². The Labute approximate surface area is 92.4 Å². The van der Waals surface area contributed by atoms with E-state index in [0.29, 0.717) is 12.5 Å². The smallest absolute Gasteiger partial charge is 0.225 e. The number of carbonyl (C=O) groups excluding carboxylic acids is 1. The van der Waals surface area contributed by atoms with Crippen molar-refractivity contribution in [1.82, 2.24) is 9.80 Å². The zero-order valence-corrected chi connectivity index (χ0v) is 9.91. The van der Waals surface area contributed by atoms with Gasteiger partial charge in [-0.25, -0.2) is 0 Å². The van der Waals surface area contributed by atoms with Gasteiger partial charge in [-0.2, -0.15) is 0 Å². The van der Waals surface area contributed by atoms with Crippen LogP contribution in [0.2, 0.25) is 0 Å². The van der Waals surface area contributed by atoms with Crippen LogP contribution < -0.4 is 5.73 Å². The van der Waals surface area contributed by atoms with Gasteiger partial charge in [0.2, 0.25) is 5.91 Å². The minimum atomic E-state index is 0.240. The Morgan fingerprint density at radius 3 is 2.53 bits per heavy atom. The third kappa shape index (κ3) is 3.47. The maximum absolute atomic E-state index is 11.9. The van der Waals surface area contributed by atoms with Gasteiger partial charge in [-0.15, -0.1) is 0 Å². The van der Waals surface area contributed by atoms with E-state index in [4.69, 9.17) is 5.73 Å². The van der Waals surface area contributed by atoms with Crippen molar-refractivity contribution in [3.63, 3.8) is 0 Å². The third-order valence-electron chi connectivity index (χ3n) is 3.23. The molecule has 0 atom stereocenters. The molecule has 1 fully saturated rings. The van der Waals surface area contributed by atoms with Crippen LogP contribution in [0.15, 0.2) is 0 Å². The van der Waals surface area contributed by atoms with Crippen molar-refractivity contribution in [3.8, 4) is 0 Å². The van der Waals surface area contributed by atoms with Crippen molar-refractivity contribution in [2.75, 3.05) is 39.8 Å². The number of hydrogen-bond donors (Lipinski definition) is 1. The van der Waals surface area contributed by atoms with Gasteiger partial charge in [-0.1, -0.05) is 0 Å². The molecule has 0 aromatic heterocycles. The predicted octanol–water partition coefficient (Wildman–Crippen LogP) is 0.135. The highest BCUT2D eigenvalue weighted by atomic mass is 16.2. The van der Waals surface area contributed by atoms with Crippen LogP contribution in [0.1, 0.15) is 19.8 Å². The van der Waals surface area contributed by atoms with Gasteiger partial charge in [-0.3, -0.25) is 4.79 Å². The van der Waals surface area contributed by atoms with E-state index in [-0.39, 0.29) is 5.92 Å². The summed E-state index contributed by atoms with van der Waals surface area (Å²) in [4.78, 5) is 16.0. The molecule has 0 saturated carbocycles. The van der Waals surface area contributed by atoms with E-state index in [2.05, 4.69) is 4.90 Å². The minimum Gasteiger partial charge on any atom is -0.346 e. The van der Waals surface area contributed by atoms with E-state index in [9.17, 15) is 4.79 Å². The van der Waals surface area contributed by atoms with Crippen molar-refractivity contribution in [2.24, 2.45) is 11.7 Å². The molecule has 0 spiro atoms. The monoisotopic (exact) mass is 213 g/mol. The normalized spacial score (nSPS) is 19.1. The van der Waals surface area contributed by atoms with Gasteiger partial charge in [-0.05, 0) is 32.9 Å². The maximum Gasteiger partial charge on any atom is 0.225 e. The predicted molar refractivity (Wildman–Crippen MR) is 61.5 cm³/mol. The van der Waals surface area contributed by atoms with E-state index >= 15 is 0 Å². The quantitative estimate of drug-likeness (QED) is 0.722. The molecular weight excluding hydrogens is 190 g/mol. The summed E-state index contributed by atoms with van der Waals surface area (Å²) >= 11 is 0. The molecule has 0 bridgehead atoms. The van der Waals surface area contributed by atoms with E-state index in [1.807, 2.05) is 18.9 Å². The summed E-state index contributed by atoms with van der Waals surface area (Å²) in [7, 11) is 1.88. The molecule has 0 aliphatic carbocycles. The van der Waals surface area contributed by atoms with E-state index in [1.165, 1.54) is 0 Å². The average molecular weight is 213 g/mol. The first-order valence-electron chi connectivity index (χ1n) is 5.86. The fourth-order valence-electron chi connectivity index (χ4n) is 2.05. The molecule has 15 heavy (non-hydrogen) atoms. The summed E-state index contributed by atoms with van der Waals surface area (Å²) in [5, 5.41) is 0. The fourth-order valence-corrected chi connectivity index (χ4v) is 2.05. The Bertz CT molecular complexity index is 200. The lowest BCUT2D eigenvalue weighted by Gasteiger charge is -2.32. The van der Waals surface area contributed by atoms with Gasteiger partial charge < -0.3 is 15.5 Å². The zero-order valence-electron chi connectivity index (χ0n) is 9.91. The molecular formula is C11H23N3O. The first-order valence-corrected chi connectivity index (χ1v) is 5.86. The molecule has 1 aliphatic rings.